The first-order valence-electron chi connectivity index (χ1n) is 12.0. The Kier molecular flexibility index (Phi) is 6.43. The van der Waals surface area contributed by atoms with Gasteiger partial charge >= 0.3 is 0 Å². The summed E-state index contributed by atoms with van der Waals surface area (Å²) in [6, 6.07) is 21.3. The second kappa shape index (κ2) is 9.66. The Morgan fingerprint density at radius 1 is 0.800 bits per heavy atom. The molecule has 7 heteroatoms. The summed E-state index contributed by atoms with van der Waals surface area (Å²) in [5, 5.41) is 5.85. The van der Waals surface area contributed by atoms with Crippen LogP contribution in [0.4, 0.5) is 11.4 Å². The molecule has 3 aromatic rings. The molecule has 0 unspecified atom stereocenters. The Bertz CT molecular complexity index is 1340. The zero-order valence-corrected chi connectivity index (χ0v) is 20.2. The second-order valence-corrected chi connectivity index (χ2v) is 11.5. The highest BCUT2D eigenvalue weighted by Crippen LogP contribution is 2.42. The van der Waals surface area contributed by atoms with Crippen LogP contribution < -0.4 is 10.6 Å². The molecule has 3 aromatic carbocycles. The maximum absolute atomic E-state index is 12.9. The molecule has 2 fully saturated rings. The molecule has 0 heterocycles. The van der Waals surface area contributed by atoms with Gasteiger partial charge in [0.1, 0.15) is 0 Å². The molecule has 0 aliphatic heterocycles. The molecule has 0 saturated heterocycles. The quantitative estimate of drug-likeness (QED) is 0.434. The standard InChI is InChI=1S/C28H28N2O4S/c31-27(16-19-8-13-24(14-9-19)35(33,34)18-20-6-7-20)29-23-12-15-25(26(17-23)21-10-11-21)28(32)30-22-4-2-1-3-5-22/h1-5,8-9,12-15,17,20-21H,6-7,10-11,16,18H2,(H,29,31)(H,30,32). The SMILES string of the molecule is O=C(Cc1ccc(S(=O)(=O)CC2CC2)cc1)Nc1ccc(C(=O)Nc2ccccc2)c(C2CC2)c1. The summed E-state index contributed by atoms with van der Waals surface area (Å²) in [5.41, 5.74) is 3.70. The third kappa shape index (κ3) is 5.98. The average Bonchev–Trinajstić information content (AvgIpc) is 3.75. The highest BCUT2D eigenvalue weighted by molar-refractivity contribution is 7.91. The fourth-order valence-corrected chi connectivity index (χ4v) is 5.89. The summed E-state index contributed by atoms with van der Waals surface area (Å²) >= 11 is 0. The number of carbonyl (C=O) groups excluding carboxylic acids is 2. The fourth-order valence-electron chi connectivity index (χ4n) is 4.20. The van der Waals surface area contributed by atoms with Gasteiger partial charge in [0.15, 0.2) is 9.84 Å². The van der Waals surface area contributed by atoms with Gasteiger partial charge in [-0.25, -0.2) is 8.42 Å². The number of nitrogens with one attached hydrogen (secondary N) is 2. The summed E-state index contributed by atoms with van der Waals surface area (Å²) in [5.74, 6) is 0.472. The molecule has 2 saturated carbocycles. The maximum Gasteiger partial charge on any atom is 0.255 e. The molecule has 6 nitrogen and oxygen atoms in total. The average molecular weight is 489 g/mol. The normalized spacial score (nSPS) is 15.4. The molecule has 0 bridgehead atoms. The zero-order valence-electron chi connectivity index (χ0n) is 19.4. The molecule has 5 rings (SSSR count). The Hall–Kier alpha value is -3.45. The van der Waals surface area contributed by atoms with Crippen molar-refractivity contribution in [2.45, 2.75) is 42.9 Å². The number of para-hydroxylation sites is 1. The highest BCUT2D eigenvalue weighted by Gasteiger charge is 2.30. The van der Waals surface area contributed by atoms with E-state index in [0.29, 0.717) is 28.0 Å². The Morgan fingerprint density at radius 3 is 2.17 bits per heavy atom. The first kappa shape index (κ1) is 23.3. The van der Waals surface area contributed by atoms with Crippen molar-refractivity contribution in [3.05, 3.63) is 89.5 Å². The summed E-state index contributed by atoms with van der Waals surface area (Å²) in [6.45, 7) is 0. The van der Waals surface area contributed by atoms with Crippen molar-refractivity contribution in [1.82, 2.24) is 0 Å². The van der Waals surface area contributed by atoms with Crippen LogP contribution in [-0.2, 0) is 21.1 Å². The molecule has 2 aliphatic carbocycles. The van der Waals surface area contributed by atoms with E-state index in [4.69, 9.17) is 0 Å². The van der Waals surface area contributed by atoms with E-state index in [2.05, 4.69) is 10.6 Å². The van der Waals surface area contributed by atoms with Gasteiger partial charge in [-0.2, -0.15) is 0 Å². The molecule has 2 N–H and O–H groups in total. The third-order valence-electron chi connectivity index (χ3n) is 6.43. The molecule has 180 valence electrons. The van der Waals surface area contributed by atoms with Gasteiger partial charge in [-0.3, -0.25) is 9.59 Å². The van der Waals surface area contributed by atoms with Gasteiger partial charge < -0.3 is 10.6 Å². The van der Waals surface area contributed by atoms with Crippen molar-refractivity contribution in [1.29, 1.82) is 0 Å². The van der Waals surface area contributed by atoms with E-state index in [9.17, 15) is 18.0 Å². The van der Waals surface area contributed by atoms with Crippen molar-refractivity contribution in [2.24, 2.45) is 5.92 Å². The van der Waals surface area contributed by atoms with E-state index < -0.39 is 9.84 Å². The Balaban J connectivity index is 1.24. The molecular formula is C28H28N2O4S. The van der Waals surface area contributed by atoms with Crippen molar-refractivity contribution >= 4 is 33.0 Å². The molecular weight excluding hydrogens is 460 g/mol. The first-order valence-corrected chi connectivity index (χ1v) is 13.6. The van der Waals surface area contributed by atoms with Gasteiger partial charge in [0.05, 0.1) is 17.1 Å². The number of rotatable bonds is 9. The fraction of sp³-hybridized carbons (Fsp3) is 0.286. The molecule has 35 heavy (non-hydrogen) atoms. The number of carbonyl (C=O) groups is 2. The van der Waals surface area contributed by atoms with Crippen LogP contribution in [0.3, 0.4) is 0 Å². The number of hydrogen-bond acceptors (Lipinski definition) is 4. The Morgan fingerprint density at radius 2 is 1.51 bits per heavy atom. The number of benzene rings is 3. The molecule has 0 radical (unpaired) electrons. The Labute approximate surface area is 205 Å². The lowest BCUT2D eigenvalue weighted by atomic mass is 10.0. The van der Waals surface area contributed by atoms with Gasteiger partial charge in [-0.15, -0.1) is 0 Å². The molecule has 2 amide bonds. The lowest BCUT2D eigenvalue weighted by molar-refractivity contribution is -0.115. The van der Waals surface area contributed by atoms with E-state index in [1.165, 1.54) is 0 Å². The number of hydrogen-bond donors (Lipinski definition) is 2. The maximum atomic E-state index is 12.9. The smallest absolute Gasteiger partial charge is 0.255 e. The van der Waals surface area contributed by atoms with Gasteiger partial charge in [0.25, 0.3) is 5.91 Å². The minimum absolute atomic E-state index is 0.137. The van der Waals surface area contributed by atoms with Crippen LogP contribution in [-0.4, -0.2) is 26.0 Å². The summed E-state index contributed by atoms with van der Waals surface area (Å²) < 4.78 is 24.8. The van der Waals surface area contributed by atoms with E-state index in [1.54, 1.807) is 36.4 Å². The number of anilines is 2. The van der Waals surface area contributed by atoms with Crippen molar-refractivity contribution in [2.75, 3.05) is 16.4 Å². The van der Waals surface area contributed by atoms with Crippen LogP contribution in [0.25, 0.3) is 0 Å². The van der Waals surface area contributed by atoms with Gasteiger partial charge in [0, 0.05) is 16.9 Å². The van der Waals surface area contributed by atoms with E-state index >= 15 is 0 Å². The predicted octanol–water partition coefficient (Wildman–Crippen LogP) is 5.18. The number of amides is 2. The first-order chi connectivity index (χ1) is 16.9. The van der Waals surface area contributed by atoms with Crippen LogP contribution in [0.15, 0.2) is 77.7 Å². The minimum atomic E-state index is -3.26. The topological polar surface area (TPSA) is 92.3 Å². The van der Waals surface area contributed by atoms with Crippen LogP contribution in [0.2, 0.25) is 0 Å². The van der Waals surface area contributed by atoms with Gasteiger partial charge in [-0.1, -0.05) is 30.3 Å². The molecule has 0 spiro atoms. The minimum Gasteiger partial charge on any atom is -0.326 e. The summed E-state index contributed by atoms with van der Waals surface area (Å²) in [4.78, 5) is 25.8. The number of sulfone groups is 1. The zero-order chi connectivity index (χ0) is 24.4. The third-order valence-corrected chi connectivity index (χ3v) is 8.33. The summed E-state index contributed by atoms with van der Waals surface area (Å²) in [6.07, 6.45) is 4.16. The second-order valence-electron chi connectivity index (χ2n) is 9.49. The van der Waals surface area contributed by atoms with Gasteiger partial charge in [-0.05, 0) is 91.1 Å². The summed E-state index contributed by atoms with van der Waals surface area (Å²) in [7, 11) is -3.26. The van der Waals surface area contributed by atoms with Crippen LogP contribution in [0, 0.1) is 5.92 Å². The van der Waals surface area contributed by atoms with Crippen LogP contribution in [0.5, 0.6) is 0 Å². The molecule has 0 atom stereocenters. The largest absolute Gasteiger partial charge is 0.326 e. The predicted molar refractivity (Wildman–Crippen MR) is 136 cm³/mol. The molecule has 2 aliphatic rings. The lowest BCUT2D eigenvalue weighted by Crippen LogP contribution is -2.17. The lowest BCUT2D eigenvalue weighted by Gasteiger charge is -2.13. The van der Waals surface area contributed by atoms with Crippen molar-refractivity contribution < 1.29 is 18.0 Å². The highest BCUT2D eigenvalue weighted by atomic mass is 32.2. The van der Waals surface area contributed by atoms with E-state index in [-0.39, 0.29) is 24.0 Å². The monoisotopic (exact) mass is 488 g/mol. The van der Waals surface area contributed by atoms with E-state index in [0.717, 1.165) is 42.5 Å². The molecule has 0 aromatic heterocycles. The van der Waals surface area contributed by atoms with Crippen molar-refractivity contribution in [3.8, 4) is 0 Å². The van der Waals surface area contributed by atoms with Crippen LogP contribution >= 0.6 is 0 Å². The van der Waals surface area contributed by atoms with Crippen LogP contribution in [0.1, 0.15) is 53.1 Å². The van der Waals surface area contributed by atoms with E-state index in [1.807, 2.05) is 36.4 Å². The van der Waals surface area contributed by atoms with Crippen molar-refractivity contribution in [3.63, 3.8) is 0 Å². The van der Waals surface area contributed by atoms with Gasteiger partial charge in [0.2, 0.25) is 5.91 Å².